The average Bonchev–Trinajstić information content (AvgIpc) is 3.22. The van der Waals surface area contributed by atoms with Crippen molar-refractivity contribution in [3.05, 3.63) is 52.7 Å². The van der Waals surface area contributed by atoms with Crippen molar-refractivity contribution in [1.82, 2.24) is 20.1 Å². The summed E-state index contributed by atoms with van der Waals surface area (Å²) in [5, 5.41) is 10.7. The first-order valence-corrected chi connectivity index (χ1v) is 9.87. The molecule has 1 atom stereocenters. The van der Waals surface area contributed by atoms with Gasteiger partial charge in [-0.25, -0.2) is 4.98 Å². The van der Waals surface area contributed by atoms with E-state index in [9.17, 15) is 4.79 Å². The first kappa shape index (κ1) is 22.1. The molecular formula is C20H26ClN5OS. The fraction of sp³-hybridized carbons (Fsp3) is 0.350. The molecule has 1 aromatic carbocycles. The number of likely N-dealkylation sites (N-methyl/N-ethyl adjacent to an activating group) is 1. The van der Waals surface area contributed by atoms with Gasteiger partial charge in [0.25, 0.3) is 0 Å². The number of aromatic nitrogens is 3. The van der Waals surface area contributed by atoms with E-state index in [0.717, 1.165) is 34.5 Å². The maximum atomic E-state index is 12.7. The van der Waals surface area contributed by atoms with Crippen LogP contribution in [-0.4, -0.2) is 27.7 Å². The number of aryl methyl sites for hydroxylation is 3. The molecule has 0 aliphatic carbocycles. The van der Waals surface area contributed by atoms with E-state index in [4.69, 9.17) is 0 Å². The summed E-state index contributed by atoms with van der Waals surface area (Å²) in [4.78, 5) is 18.4. The Labute approximate surface area is 175 Å². The number of amides is 1. The molecule has 0 saturated carbocycles. The monoisotopic (exact) mass is 419 g/mol. The van der Waals surface area contributed by atoms with E-state index in [1.165, 1.54) is 16.9 Å². The molecule has 0 aliphatic rings. The van der Waals surface area contributed by atoms with E-state index in [0.29, 0.717) is 5.13 Å². The van der Waals surface area contributed by atoms with Crippen LogP contribution < -0.4 is 10.6 Å². The first-order valence-electron chi connectivity index (χ1n) is 9.05. The fourth-order valence-corrected chi connectivity index (χ4v) is 3.89. The Morgan fingerprint density at radius 2 is 2.00 bits per heavy atom. The molecule has 150 valence electrons. The quantitative estimate of drug-likeness (QED) is 0.604. The molecule has 0 aliphatic heterocycles. The Kier molecular flexibility index (Phi) is 7.74. The van der Waals surface area contributed by atoms with Crippen molar-refractivity contribution < 1.29 is 4.79 Å². The Bertz CT molecular complexity index is 919. The molecule has 0 fully saturated rings. The summed E-state index contributed by atoms with van der Waals surface area (Å²) in [5.41, 5.74) is 4.13. The molecule has 6 nitrogen and oxygen atoms in total. The van der Waals surface area contributed by atoms with Gasteiger partial charge in [-0.3, -0.25) is 9.48 Å². The molecule has 2 heterocycles. The molecule has 2 aromatic heterocycles. The maximum absolute atomic E-state index is 12.7. The maximum Gasteiger partial charge on any atom is 0.247 e. The van der Waals surface area contributed by atoms with E-state index in [2.05, 4.69) is 51.9 Å². The van der Waals surface area contributed by atoms with Crippen molar-refractivity contribution in [3.8, 4) is 11.3 Å². The van der Waals surface area contributed by atoms with Gasteiger partial charge < -0.3 is 10.6 Å². The van der Waals surface area contributed by atoms with Crippen molar-refractivity contribution in [3.63, 3.8) is 0 Å². The number of halogens is 1. The Hall–Kier alpha value is -2.22. The smallest absolute Gasteiger partial charge is 0.247 e. The van der Waals surface area contributed by atoms with E-state index >= 15 is 0 Å². The Morgan fingerprint density at radius 1 is 1.29 bits per heavy atom. The van der Waals surface area contributed by atoms with Crippen LogP contribution in [0.25, 0.3) is 11.3 Å². The van der Waals surface area contributed by atoms with Crippen molar-refractivity contribution in [2.45, 2.75) is 32.7 Å². The van der Waals surface area contributed by atoms with Crippen LogP contribution in [0.15, 0.2) is 36.7 Å². The molecule has 3 rings (SSSR count). The number of anilines is 1. The van der Waals surface area contributed by atoms with Gasteiger partial charge in [0.15, 0.2) is 5.13 Å². The third-order valence-corrected chi connectivity index (χ3v) is 5.29. The van der Waals surface area contributed by atoms with Crippen molar-refractivity contribution >= 4 is 34.8 Å². The van der Waals surface area contributed by atoms with Gasteiger partial charge in [-0.1, -0.05) is 37.6 Å². The lowest BCUT2D eigenvalue weighted by Crippen LogP contribution is -2.30. The zero-order valence-electron chi connectivity index (χ0n) is 16.5. The van der Waals surface area contributed by atoms with Crippen LogP contribution in [0.1, 0.15) is 35.4 Å². The van der Waals surface area contributed by atoms with Gasteiger partial charge in [-0.2, -0.15) is 5.10 Å². The van der Waals surface area contributed by atoms with Crippen molar-refractivity contribution in [2.75, 3.05) is 12.4 Å². The van der Waals surface area contributed by atoms with Gasteiger partial charge in [0.1, 0.15) is 6.04 Å². The summed E-state index contributed by atoms with van der Waals surface area (Å²) < 4.78 is 1.68. The Morgan fingerprint density at radius 3 is 2.57 bits per heavy atom. The molecule has 1 amide bonds. The summed E-state index contributed by atoms with van der Waals surface area (Å²) in [6.45, 7) is 4.21. The van der Waals surface area contributed by atoms with Gasteiger partial charge in [0.05, 0.1) is 11.9 Å². The molecule has 2 N–H and O–H groups in total. The van der Waals surface area contributed by atoms with Gasteiger partial charge in [0, 0.05) is 29.2 Å². The third-order valence-electron chi connectivity index (χ3n) is 4.40. The minimum absolute atomic E-state index is 0. The number of nitrogens with zero attached hydrogens (tertiary/aromatic N) is 3. The molecule has 28 heavy (non-hydrogen) atoms. The van der Waals surface area contributed by atoms with Crippen LogP contribution in [0.2, 0.25) is 0 Å². The second kappa shape index (κ2) is 9.82. The van der Waals surface area contributed by atoms with Gasteiger partial charge in [0.2, 0.25) is 5.91 Å². The van der Waals surface area contributed by atoms with Gasteiger partial charge >= 0.3 is 0 Å². The van der Waals surface area contributed by atoms with E-state index in [-0.39, 0.29) is 18.3 Å². The highest BCUT2D eigenvalue weighted by molar-refractivity contribution is 7.16. The minimum Gasteiger partial charge on any atom is -0.305 e. The summed E-state index contributed by atoms with van der Waals surface area (Å²) in [5.74, 6) is -0.149. The number of carbonyl (C=O) groups is 1. The normalized spacial score (nSPS) is 11.7. The van der Waals surface area contributed by atoms with Crippen molar-refractivity contribution in [2.24, 2.45) is 7.05 Å². The Balaban J connectivity index is 0.00000280. The van der Waals surface area contributed by atoms with Crippen LogP contribution in [0, 0.1) is 6.92 Å². The molecule has 0 spiro atoms. The number of benzene rings is 1. The molecular weight excluding hydrogens is 394 g/mol. The zero-order valence-corrected chi connectivity index (χ0v) is 18.2. The number of rotatable bonds is 7. The lowest BCUT2D eigenvalue weighted by atomic mass is 10.1. The minimum atomic E-state index is -0.473. The highest BCUT2D eigenvalue weighted by Crippen LogP contribution is 2.31. The second-order valence-corrected chi connectivity index (χ2v) is 7.73. The molecule has 0 radical (unpaired) electrons. The predicted octanol–water partition coefficient (Wildman–Crippen LogP) is 4.13. The lowest BCUT2D eigenvalue weighted by Gasteiger charge is -2.12. The number of nitrogens with one attached hydrogen (secondary N) is 2. The summed E-state index contributed by atoms with van der Waals surface area (Å²) in [6.07, 6.45) is 5.74. The predicted molar refractivity (Wildman–Crippen MR) is 117 cm³/mol. The number of hydrogen-bond acceptors (Lipinski definition) is 5. The number of thiazole rings is 1. The highest BCUT2D eigenvalue weighted by atomic mass is 35.5. The summed E-state index contributed by atoms with van der Waals surface area (Å²) in [6, 6.07) is 8.03. The van der Waals surface area contributed by atoms with E-state index in [1.54, 1.807) is 17.9 Å². The molecule has 3 aromatic rings. The first-order chi connectivity index (χ1) is 13.0. The van der Waals surface area contributed by atoms with Crippen LogP contribution in [0.4, 0.5) is 5.13 Å². The van der Waals surface area contributed by atoms with Crippen LogP contribution in [0.5, 0.6) is 0 Å². The fourth-order valence-electron chi connectivity index (χ4n) is 3.05. The molecule has 8 heteroatoms. The van der Waals surface area contributed by atoms with Gasteiger partial charge in [-0.15, -0.1) is 23.7 Å². The van der Waals surface area contributed by atoms with Crippen LogP contribution >= 0.6 is 23.7 Å². The SMILES string of the molecule is CCCc1ccc(-c2nc(NC(=O)C(NC)c3cnn(C)c3)sc2C)cc1.Cl. The van der Waals surface area contributed by atoms with Crippen LogP contribution in [-0.2, 0) is 18.3 Å². The van der Waals surface area contributed by atoms with Gasteiger partial charge in [-0.05, 0) is 26.0 Å². The average molecular weight is 420 g/mol. The molecule has 1 unspecified atom stereocenters. The zero-order chi connectivity index (χ0) is 19.4. The number of carbonyl (C=O) groups excluding carboxylic acids is 1. The highest BCUT2D eigenvalue weighted by Gasteiger charge is 2.22. The number of hydrogen-bond donors (Lipinski definition) is 2. The second-order valence-electron chi connectivity index (χ2n) is 6.53. The summed E-state index contributed by atoms with van der Waals surface area (Å²) >= 11 is 1.49. The van der Waals surface area contributed by atoms with E-state index < -0.39 is 6.04 Å². The standard InChI is InChI=1S/C20H25N5OS.ClH/c1-5-6-14-7-9-15(10-8-14)17-13(2)27-20(23-17)24-19(26)18(21-3)16-11-22-25(4)12-16;/h7-12,18,21H,5-6H2,1-4H3,(H,23,24,26);1H. The third kappa shape index (κ3) is 4.98. The van der Waals surface area contributed by atoms with E-state index in [1.807, 2.05) is 20.2 Å². The summed E-state index contributed by atoms with van der Waals surface area (Å²) in [7, 11) is 3.59. The molecule has 0 saturated heterocycles. The topological polar surface area (TPSA) is 71.8 Å². The molecule has 0 bridgehead atoms. The largest absolute Gasteiger partial charge is 0.305 e. The van der Waals surface area contributed by atoms with Crippen molar-refractivity contribution in [1.29, 1.82) is 0 Å². The van der Waals surface area contributed by atoms with Crippen LogP contribution in [0.3, 0.4) is 0 Å². The lowest BCUT2D eigenvalue weighted by molar-refractivity contribution is -0.118.